The van der Waals surface area contributed by atoms with Crippen LogP contribution in [-0.2, 0) is 21.2 Å². The fourth-order valence-electron chi connectivity index (χ4n) is 3.53. The van der Waals surface area contributed by atoms with Crippen LogP contribution in [0.3, 0.4) is 0 Å². The normalized spacial score (nSPS) is 16.1. The average Bonchev–Trinajstić information content (AvgIpc) is 3.13. The highest BCUT2D eigenvalue weighted by Crippen LogP contribution is 2.27. The molecule has 1 N–H and O–H groups in total. The van der Waals surface area contributed by atoms with Crippen LogP contribution in [0.5, 0.6) is 0 Å². The number of aryl methyl sites for hydroxylation is 3. The number of nitrogens with zero attached hydrogens (tertiary/aromatic N) is 3. The minimum absolute atomic E-state index is 0.105. The van der Waals surface area contributed by atoms with E-state index in [-0.39, 0.29) is 11.8 Å². The van der Waals surface area contributed by atoms with Crippen LogP contribution < -0.4 is 5.32 Å². The van der Waals surface area contributed by atoms with E-state index in [1.807, 2.05) is 26.0 Å². The monoisotopic (exact) mass is 436 g/mol. The molecule has 0 aliphatic carbocycles. The van der Waals surface area contributed by atoms with E-state index in [1.54, 1.807) is 6.07 Å². The predicted molar refractivity (Wildman–Crippen MR) is 115 cm³/mol. The summed E-state index contributed by atoms with van der Waals surface area (Å²) in [5.41, 5.74) is 1.78. The van der Waals surface area contributed by atoms with Crippen molar-refractivity contribution in [2.45, 2.75) is 57.8 Å². The number of rotatable bonds is 7. The summed E-state index contributed by atoms with van der Waals surface area (Å²) in [5, 5.41) is 12.4. The van der Waals surface area contributed by atoms with Gasteiger partial charge in [-0.2, -0.15) is 4.31 Å². The highest BCUT2D eigenvalue weighted by molar-refractivity contribution is 7.89. The minimum Gasteiger partial charge on any atom is -0.300 e. The summed E-state index contributed by atoms with van der Waals surface area (Å²) in [7, 11) is -3.54. The Kier molecular flexibility index (Phi) is 7.02. The van der Waals surface area contributed by atoms with E-state index in [0.717, 1.165) is 35.4 Å². The van der Waals surface area contributed by atoms with E-state index in [2.05, 4.69) is 22.4 Å². The second-order valence-electron chi connectivity index (χ2n) is 7.54. The van der Waals surface area contributed by atoms with Crippen LogP contribution >= 0.6 is 11.3 Å². The molecule has 0 bridgehead atoms. The van der Waals surface area contributed by atoms with E-state index < -0.39 is 10.0 Å². The molecule has 2 heterocycles. The molecule has 1 fully saturated rings. The second kappa shape index (κ2) is 9.32. The van der Waals surface area contributed by atoms with Crippen molar-refractivity contribution in [3.63, 3.8) is 0 Å². The quantitative estimate of drug-likeness (QED) is 0.717. The number of nitrogens with one attached hydrogen (secondary N) is 1. The lowest BCUT2D eigenvalue weighted by Gasteiger charge is -2.30. The molecule has 0 saturated carbocycles. The summed E-state index contributed by atoms with van der Waals surface area (Å²) in [6.45, 7) is 6.56. The largest absolute Gasteiger partial charge is 0.300 e. The van der Waals surface area contributed by atoms with Crippen molar-refractivity contribution >= 4 is 32.4 Å². The van der Waals surface area contributed by atoms with Gasteiger partial charge < -0.3 is 5.32 Å². The summed E-state index contributed by atoms with van der Waals surface area (Å²) in [4.78, 5) is 12.9. The van der Waals surface area contributed by atoms with Crippen molar-refractivity contribution in [2.24, 2.45) is 5.92 Å². The Hall–Kier alpha value is -1.84. The van der Waals surface area contributed by atoms with Gasteiger partial charge in [-0.1, -0.05) is 42.4 Å². The van der Waals surface area contributed by atoms with Gasteiger partial charge in [-0.05, 0) is 44.7 Å². The van der Waals surface area contributed by atoms with E-state index >= 15 is 0 Å². The first-order chi connectivity index (χ1) is 13.8. The predicted octanol–water partition coefficient (Wildman–Crippen LogP) is 3.54. The number of amides is 1. The van der Waals surface area contributed by atoms with Gasteiger partial charge >= 0.3 is 0 Å². The van der Waals surface area contributed by atoms with Crippen molar-refractivity contribution in [1.82, 2.24) is 14.5 Å². The second-order valence-corrected chi connectivity index (χ2v) is 10.5. The molecule has 2 aromatic rings. The molecule has 29 heavy (non-hydrogen) atoms. The Morgan fingerprint density at radius 2 is 1.97 bits per heavy atom. The molecular weight excluding hydrogens is 408 g/mol. The lowest BCUT2D eigenvalue weighted by molar-refractivity contribution is -0.120. The molecular formula is C20H28N4O3S2. The van der Waals surface area contributed by atoms with Crippen LogP contribution in [0.15, 0.2) is 23.1 Å². The topological polar surface area (TPSA) is 92.3 Å². The first-order valence-electron chi connectivity index (χ1n) is 10.0. The Bertz CT molecular complexity index is 964. The number of hydrogen-bond donors (Lipinski definition) is 1. The van der Waals surface area contributed by atoms with Gasteiger partial charge in [-0.25, -0.2) is 8.42 Å². The molecule has 0 spiro atoms. The number of carbonyl (C=O) groups excluding carboxylic acids is 1. The molecule has 3 rings (SSSR count). The van der Waals surface area contributed by atoms with Gasteiger partial charge in [0.15, 0.2) is 0 Å². The molecule has 1 aromatic heterocycles. The highest BCUT2D eigenvalue weighted by Gasteiger charge is 2.33. The van der Waals surface area contributed by atoms with Gasteiger partial charge in [0.05, 0.1) is 4.90 Å². The van der Waals surface area contributed by atoms with Crippen LogP contribution in [0, 0.1) is 19.8 Å². The fourth-order valence-corrected chi connectivity index (χ4v) is 5.99. The van der Waals surface area contributed by atoms with Gasteiger partial charge in [0.1, 0.15) is 5.01 Å². The number of benzene rings is 1. The summed E-state index contributed by atoms with van der Waals surface area (Å²) in [6.07, 6.45) is 4.01. The number of unbranched alkanes of at least 4 members (excludes halogenated alkanes) is 1. The van der Waals surface area contributed by atoms with E-state index in [1.165, 1.54) is 15.6 Å². The molecule has 1 aromatic carbocycles. The summed E-state index contributed by atoms with van der Waals surface area (Å²) < 4.78 is 27.5. The first-order valence-corrected chi connectivity index (χ1v) is 12.3. The Morgan fingerprint density at radius 1 is 1.24 bits per heavy atom. The van der Waals surface area contributed by atoms with Crippen LogP contribution in [0.25, 0.3) is 0 Å². The van der Waals surface area contributed by atoms with Crippen LogP contribution in [0.2, 0.25) is 0 Å². The molecule has 1 aliphatic rings. The lowest BCUT2D eigenvalue weighted by Crippen LogP contribution is -2.41. The maximum Gasteiger partial charge on any atom is 0.243 e. The van der Waals surface area contributed by atoms with Crippen molar-refractivity contribution < 1.29 is 13.2 Å². The van der Waals surface area contributed by atoms with Crippen LogP contribution in [0.1, 0.15) is 48.7 Å². The van der Waals surface area contributed by atoms with Crippen LogP contribution in [-0.4, -0.2) is 41.9 Å². The summed E-state index contributed by atoms with van der Waals surface area (Å²) in [5.74, 6) is -0.324. The van der Waals surface area contributed by atoms with E-state index in [4.69, 9.17) is 0 Å². The zero-order valence-electron chi connectivity index (χ0n) is 17.1. The zero-order valence-corrected chi connectivity index (χ0v) is 18.8. The number of aromatic nitrogens is 2. The molecule has 9 heteroatoms. The Labute approximate surface area is 176 Å². The molecule has 158 valence electrons. The van der Waals surface area contributed by atoms with E-state index in [0.29, 0.717) is 36.0 Å². The van der Waals surface area contributed by atoms with Gasteiger partial charge in [0, 0.05) is 25.4 Å². The van der Waals surface area contributed by atoms with Gasteiger partial charge in [-0.3, -0.25) is 4.79 Å². The molecule has 7 nitrogen and oxygen atoms in total. The Balaban J connectivity index is 1.58. The highest BCUT2D eigenvalue weighted by atomic mass is 32.2. The lowest BCUT2D eigenvalue weighted by atomic mass is 9.97. The third kappa shape index (κ3) is 5.21. The number of hydrogen-bond acceptors (Lipinski definition) is 6. The van der Waals surface area contributed by atoms with E-state index in [9.17, 15) is 13.2 Å². The number of carbonyl (C=O) groups is 1. The fraction of sp³-hybridized carbons (Fsp3) is 0.550. The van der Waals surface area contributed by atoms with Crippen molar-refractivity contribution in [2.75, 3.05) is 18.4 Å². The average molecular weight is 437 g/mol. The molecule has 0 atom stereocenters. The van der Waals surface area contributed by atoms with Gasteiger partial charge in [0.2, 0.25) is 21.1 Å². The molecule has 0 radical (unpaired) electrons. The number of anilines is 1. The molecule has 1 amide bonds. The third-order valence-electron chi connectivity index (χ3n) is 5.21. The van der Waals surface area contributed by atoms with Crippen molar-refractivity contribution in [1.29, 1.82) is 0 Å². The standard InChI is InChI=1S/C20H28N4O3S2/c1-4-5-6-18-22-23-20(28-18)21-19(25)16-9-11-24(12-10-16)29(26,27)17-8-7-14(2)13-15(17)3/h7-8,13,16H,4-6,9-12H2,1-3H3,(H,21,23,25). The zero-order chi connectivity index (χ0) is 21.0. The first kappa shape index (κ1) is 21.9. The SMILES string of the molecule is CCCCc1nnc(NC(=O)C2CCN(S(=O)(=O)c3ccc(C)cc3C)CC2)s1. The van der Waals surface area contributed by atoms with Crippen molar-refractivity contribution in [3.05, 3.63) is 34.3 Å². The summed E-state index contributed by atoms with van der Waals surface area (Å²) >= 11 is 1.41. The smallest absolute Gasteiger partial charge is 0.243 e. The van der Waals surface area contributed by atoms with Gasteiger partial charge in [-0.15, -0.1) is 10.2 Å². The molecule has 1 aliphatic heterocycles. The van der Waals surface area contributed by atoms with Gasteiger partial charge in [0.25, 0.3) is 0 Å². The molecule has 1 saturated heterocycles. The minimum atomic E-state index is -3.54. The number of piperidine rings is 1. The third-order valence-corrected chi connectivity index (χ3v) is 8.17. The molecule has 0 unspecified atom stereocenters. The number of sulfonamides is 1. The maximum absolute atomic E-state index is 13.0. The van der Waals surface area contributed by atoms with Crippen molar-refractivity contribution in [3.8, 4) is 0 Å². The van der Waals surface area contributed by atoms with Crippen LogP contribution in [0.4, 0.5) is 5.13 Å². The maximum atomic E-state index is 13.0. The summed E-state index contributed by atoms with van der Waals surface area (Å²) in [6, 6.07) is 5.37. The Morgan fingerprint density at radius 3 is 2.62 bits per heavy atom.